The summed E-state index contributed by atoms with van der Waals surface area (Å²) in [5.41, 5.74) is 3.74. The van der Waals surface area contributed by atoms with Gasteiger partial charge in [0.2, 0.25) is 0 Å². The van der Waals surface area contributed by atoms with Crippen molar-refractivity contribution in [3.05, 3.63) is 11.4 Å². The number of nitrogens with one attached hydrogen (secondary N) is 1. The maximum absolute atomic E-state index is 5.61. The molecule has 0 radical (unpaired) electrons. The number of ether oxygens (including phenoxy) is 1. The van der Waals surface area contributed by atoms with E-state index in [4.69, 9.17) is 15.6 Å². The predicted molar refractivity (Wildman–Crippen MR) is 78.8 cm³/mol. The standard InChI is InChI=1S/C14H23N5O/c1-9-12(18-15)16-13(10-5-6-10)17-14(9)19-7-3-4-11(8-19)20-2/h10-11H,3-8,15H2,1-2H3,(H,16,17,18). The highest BCUT2D eigenvalue weighted by Crippen LogP contribution is 2.40. The number of hydrogen-bond donors (Lipinski definition) is 2. The van der Waals surface area contributed by atoms with Gasteiger partial charge in [0, 0.05) is 31.7 Å². The van der Waals surface area contributed by atoms with Crippen molar-refractivity contribution in [2.24, 2.45) is 5.84 Å². The van der Waals surface area contributed by atoms with E-state index in [1.807, 2.05) is 6.92 Å². The van der Waals surface area contributed by atoms with E-state index in [9.17, 15) is 0 Å². The average molecular weight is 277 g/mol. The van der Waals surface area contributed by atoms with Gasteiger partial charge in [-0.05, 0) is 32.6 Å². The minimum atomic E-state index is 0.289. The van der Waals surface area contributed by atoms with E-state index in [1.54, 1.807) is 7.11 Å². The molecule has 0 aromatic carbocycles. The van der Waals surface area contributed by atoms with Gasteiger partial charge in [-0.3, -0.25) is 0 Å². The van der Waals surface area contributed by atoms with E-state index < -0.39 is 0 Å². The van der Waals surface area contributed by atoms with Crippen LogP contribution in [0.15, 0.2) is 0 Å². The van der Waals surface area contributed by atoms with Crippen LogP contribution in [-0.4, -0.2) is 36.3 Å². The Morgan fingerprint density at radius 3 is 2.75 bits per heavy atom. The molecule has 0 spiro atoms. The molecule has 1 saturated heterocycles. The molecular formula is C14H23N5O. The van der Waals surface area contributed by atoms with Crippen molar-refractivity contribution in [1.29, 1.82) is 0 Å². The van der Waals surface area contributed by atoms with Crippen molar-refractivity contribution in [2.45, 2.75) is 44.6 Å². The summed E-state index contributed by atoms with van der Waals surface area (Å²) in [5.74, 6) is 8.81. The summed E-state index contributed by atoms with van der Waals surface area (Å²) in [6.45, 7) is 3.94. The molecule has 20 heavy (non-hydrogen) atoms. The van der Waals surface area contributed by atoms with E-state index >= 15 is 0 Å². The first kappa shape index (κ1) is 13.6. The first-order chi connectivity index (χ1) is 9.72. The van der Waals surface area contributed by atoms with Crippen LogP contribution >= 0.6 is 0 Å². The first-order valence-corrected chi connectivity index (χ1v) is 7.35. The molecule has 1 saturated carbocycles. The Morgan fingerprint density at radius 2 is 2.10 bits per heavy atom. The van der Waals surface area contributed by atoms with Gasteiger partial charge >= 0.3 is 0 Å². The number of rotatable bonds is 4. The third-order valence-corrected chi connectivity index (χ3v) is 4.23. The quantitative estimate of drug-likeness (QED) is 0.642. The van der Waals surface area contributed by atoms with Crippen LogP contribution in [0.5, 0.6) is 0 Å². The number of nitrogen functional groups attached to an aromatic ring is 1. The largest absolute Gasteiger partial charge is 0.380 e. The highest BCUT2D eigenvalue weighted by Gasteiger charge is 2.30. The molecule has 1 aromatic rings. The summed E-state index contributed by atoms with van der Waals surface area (Å²) in [7, 11) is 1.78. The SMILES string of the molecule is COC1CCCN(c2nc(C3CC3)nc(NN)c2C)C1. The fourth-order valence-electron chi connectivity index (χ4n) is 2.82. The van der Waals surface area contributed by atoms with E-state index in [2.05, 4.69) is 15.3 Å². The number of methoxy groups -OCH3 is 1. The van der Waals surface area contributed by atoms with E-state index in [0.29, 0.717) is 5.92 Å². The number of hydrogen-bond acceptors (Lipinski definition) is 6. The van der Waals surface area contributed by atoms with Crippen LogP contribution in [0.25, 0.3) is 0 Å². The minimum absolute atomic E-state index is 0.289. The molecule has 2 aliphatic rings. The van der Waals surface area contributed by atoms with Crippen molar-refractivity contribution in [3.8, 4) is 0 Å². The number of anilines is 2. The Hall–Kier alpha value is -1.40. The number of aromatic nitrogens is 2. The van der Waals surface area contributed by atoms with Crippen LogP contribution in [0.2, 0.25) is 0 Å². The molecule has 3 N–H and O–H groups in total. The van der Waals surface area contributed by atoms with Gasteiger partial charge in [-0.1, -0.05) is 0 Å². The van der Waals surface area contributed by atoms with Crippen molar-refractivity contribution >= 4 is 11.6 Å². The molecular weight excluding hydrogens is 254 g/mol. The molecule has 1 aromatic heterocycles. The van der Waals surface area contributed by atoms with E-state index in [0.717, 1.165) is 49.0 Å². The zero-order valence-corrected chi connectivity index (χ0v) is 12.2. The summed E-state index contributed by atoms with van der Waals surface area (Å²) >= 11 is 0. The van der Waals surface area contributed by atoms with Crippen molar-refractivity contribution in [1.82, 2.24) is 9.97 Å². The van der Waals surface area contributed by atoms with Crippen LogP contribution in [0.3, 0.4) is 0 Å². The first-order valence-electron chi connectivity index (χ1n) is 7.35. The Labute approximate surface area is 119 Å². The van der Waals surface area contributed by atoms with Gasteiger partial charge in [0.15, 0.2) is 0 Å². The number of nitrogens with zero attached hydrogens (tertiary/aromatic N) is 3. The second-order valence-electron chi connectivity index (χ2n) is 5.74. The molecule has 0 amide bonds. The Kier molecular flexibility index (Phi) is 3.76. The topological polar surface area (TPSA) is 76.3 Å². The second-order valence-corrected chi connectivity index (χ2v) is 5.74. The molecule has 0 bridgehead atoms. The van der Waals surface area contributed by atoms with Gasteiger partial charge in [-0.2, -0.15) is 0 Å². The Balaban J connectivity index is 1.92. The van der Waals surface area contributed by atoms with Crippen molar-refractivity contribution in [3.63, 3.8) is 0 Å². The number of hydrazine groups is 1. The molecule has 6 heteroatoms. The lowest BCUT2D eigenvalue weighted by Crippen LogP contribution is -2.40. The van der Waals surface area contributed by atoms with Gasteiger partial charge in [0.05, 0.1) is 6.10 Å². The van der Waals surface area contributed by atoms with Crippen LogP contribution < -0.4 is 16.2 Å². The van der Waals surface area contributed by atoms with E-state index in [1.165, 1.54) is 12.8 Å². The van der Waals surface area contributed by atoms with Crippen LogP contribution in [0.4, 0.5) is 11.6 Å². The third-order valence-electron chi connectivity index (χ3n) is 4.23. The molecule has 1 unspecified atom stereocenters. The van der Waals surface area contributed by atoms with Gasteiger partial charge in [-0.25, -0.2) is 15.8 Å². The van der Waals surface area contributed by atoms with Gasteiger partial charge in [0.1, 0.15) is 17.5 Å². The smallest absolute Gasteiger partial charge is 0.148 e. The fourth-order valence-corrected chi connectivity index (χ4v) is 2.82. The monoisotopic (exact) mass is 277 g/mol. The van der Waals surface area contributed by atoms with Gasteiger partial charge in [0.25, 0.3) is 0 Å². The van der Waals surface area contributed by atoms with Crippen LogP contribution in [0, 0.1) is 6.92 Å². The molecule has 2 fully saturated rings. The lowest BCUT2D eigenvalue weighted by atomic mass is 10.1. The minimum Gasteiger partial charge on any atom is -0.380 e. The van der Waals surface area contributed by atoms with Crippen LogP contribution in [-0.2, 0) is 4.74 Å². The van der Waals surface area contributed by atoms with Gasteiger partial charge < -0.3 is 15.1 Å². The molecule has 110 valence electrons. The highest BCUT2D eigenvalue weighted by atomic mass is 16.5. The highest BCUT2D eigenvalue weighted by molar-refractivity contribution is 5.58. The summed E-state index contributed by atoms with van der Waals surface area (Å²) in [6, 6.07) is 0. The second kappa shape index (κ2) is 5.54. The van der Waals surface area contributed by atoms with Crippen LogP contribution in [0.1, 0.15) is 43.0 Å². The maximum Gasteiger partial charge on any atom is 0.148 e. The molecule has 1 atom stereocenters. The van der Waals surface area contributed by atoms with E-state index in [-0.39, 0.29) is 6.10 Å². The fraction of sp³-hybridized carbons (Fsp3) is 0.714. The Morgan fingerprint density at radius 1 is 1.30 bits per heavy atom. The Bertz CT molecular complexity index is 489. The molecule has 1 aliphatic heterocycles. The number of piperidine rings is 1. The lowest BCUT2D eigenvalue weighted by Gasteiger charge is -2.34. The third kappa shape index (κ3) is 2.58. The predicted octanol–water partition coefficient (Wildman–Crippen LogP) is 1.56. The summed E-state index contributed by atoms with van der Waals surface area (Å²) in [5, 5.41) is 0. The molecule has 1 aliphatic carbocycles. The van der Waals surface area contributed by atoms with Gasteiger partial charge in [-0.15, -0.1) is 0 Å². The van der Waals surface area contributed by atoms with Crippen molar-refractivity contribution in [2.75, 3.05) is 30.5 Å². The maximum atomic E-state index is 5.61. The summed E-state index contributed by atoms with van der Waals surface area (Å²) in [6.07, 6.45) is 4.91. The van der Waals surface area contributed by atoms with Crippen molar-refractivity contribution < 1.29 is 4.74 Å². The lowest BCUT2D eigenvalue weighted by molar-refractivity contribution is 0.0891. The molecule has 6 nitrogen and oxygen atoms in total. The summed E-state index contributed by atoms with van der Waals surface area (Å²) in [4.78, 5) is 11.6. The zero-order chi connectivity index (χ0) is 14.1. The molecule has 2 heterocycles. The average Bonchev–Trinajstić information content (AvgIpc) is 3.32. The normalized spacial score (nSPS) is 22.9. The zero-order valence-electron chi connectivity index (χ0n) is 12.2. The number of nitrogens with two attached hydrogens (primary N) is 1. The molecule has 3 rings (SSSR count). The summed E-state index contributed by atoms with van der Waals surface area (Å²) < 4.78 is 5.50.